The standard InChI is InChI=1S/C30H30ClF2N7O2S/c1-39-8-2-7-30(39,13-41)14-42-29-37-25-18(28(38-29)40-11-15-3-4-16(12-40)36-15)9-20(31)23(24(25)33)17-5-6-21(32)26-22(17)19(10-34)27(35)43-26/h5-6,9,15-16,36,41H,2-4,7-8,11-14,35H2,1H3/t15?,16?,30-/m1/s1. The highest BCUT2D eigenvalue weighted by Gasteiger charge is 2.40. The minimum absolute atomic E-state index is 0.00212. The normalized spacial score (nSPS) is 23.9. The maximum atomic E-state index is 16.8. The monoisotopic (exact) mass is 625 g/mol. The number of hydrogen-bond acceptors (Lipinski definition) is 10. The molecule has 0 amide bonds. The van der Waals surface area contributed by atoms with Gasteiger partial charge in [0.15, 0.2) is 5.82 Å². The van der Waals surface area contributed by atoms with E-state index in [0.29, 0.717) is 36.4 Å². The minimum Gasteiger partial charge on any atom is -0.461 e. The van der Waals surface area contributed by atoms with Crippen molar-refractivity contribution < 1.29 is 18.6 Å². The number of nitrogens with one attached hydrogen (secondary N) is 1. The number of piperazine rings is 1. The summed E-state index contributed by atoms with van der Waals surface area (Å²) in [6, 6.07) is 6.88. The van der Waals surface area contributed by atoms with Gasteiger partial charge in [0.05, 0.1) is 27.4 Å². The molecule has 4 aromatic rings. The Kier molecular flexibility index (Phi) is 7.06. The summed E-state index contributed by atoms with van der Waals surface area (Å²) in [5, 5.41) is 24.5. The smallest absolute Gasteiger partial charge is 0.319 e. The Bertz CT molecular complexity index is 1800. The van der Waals surface area contributed by atoms with Crippen LogP contribution in [0.3, 0.4) is 0 Å². The molecular weight excluding hydrogens is 596 g/mol. The van der Waals surface area contributed by atoms with Crippen LogP contribution in [0.4, 0.5) is 19.6 Å². The van der Waals surface area contributed by atoms with Gasteiger partial charge in [-0.25, -0.2) is 8.78 Å². The number of nitrogens with two attached hydrogens (primary N) is 1. The van der Waals surface area contributed by atoms with Gasteiger partial charge >= 0.3 is 6.01 Å². The summed E-state index contributed by atoms with van der Waals surface area (Å²) in [7, 11) is 1.94. The number of aliphatic hydroxyl groups excluding tert-OH is 1. The topological polar surface area (TPSA) is 124 Å². The van der Waals surface area contributed by atoms with E-state index in [-0.39, 0.29) is 61.5 Å². The van der Waals surface area contributed by atoms with Crippen molar-refractivity contribution >= 4 is 54.7 Å². The second-order valence-corrected chi connectivity index (χ2v) is 13.2. The van der Waals surface area contributed by atoms with Gasteiger partial charge in [-0.3, -0.25) is 4.90 Å². The van der Waals surface area contributed by atoms with E-state index in [0.717, 1.165) is 43.6 Å². The Labute approximate surface area is 255 Å². The lowest BCUT2D eigenvalue weighted by Gasteiger charge is -2.35. The van der Waals surface area contributed by atoms with Gasteiger partial charge in [-0.2, -0.15) is 15.2 Å². The van der Waals surface area contributed by atoms with Crippen LogP contribution in [0.2, 0.25) is 5.02 Å². The summed E-state index contributed by atoms with van der Waals surface area (Å²) in [6.07, 6.45) is 3.77. The van der Waals surface area contributed by atoms with E-state index < -0.39 is 17.2 Å². The third-order valence-electron chi connectivity index (χ3n) is 9.27. The predicted octanol–water partition coefficient (Wildman–Crippen LogP) is 4.67. The fourth-order valence-corrected chi connectivity index (χ4v) is 8.13. The van der Waals surface area contributed by atoms with Crippen LogP contribution in [0.15, 0.2) is 18.2 Å². The first-order valence-electron chi connectivity index (χ1n) is 14.3. The number of thiophene rings is 1. The first-order chi connectivity index (χ1) is 20.7. The lowest BCUT2D eigenvalue weighted by atomic mass is 9.97. The molecule has 3 aliphatic rings. The first kappa shape index (κ1) is 28.4. The van der Waals surface area contributed by atoms with Crippen molar-refractivity contribution in [1.29, 1.82) is 5.26 Å². The zero-order valence-electron chi connectivity index (χ0n) is 23.5. The molecule has 43 heavy (non-hydrogen) atoms. The third kappa shape index (κ3) is 4.57. The number of anilines is 2. The minimum atomic E-state index is -0.731. The summed E-state index contributed by atoms with van der Waals surface area (Å²) < 4.78 is 37.9. The van der Waals surface area contributed by atoms with Gasteiger partial charge in [0.2, 0.25) is 0 Å². The van der Waals surface area contributed by atoms with E-state index in [1.165, 1.54) is 12.1 Å². The molecule has 3 aliphatic heterocycles. The number of rotatable bonds is 6. The van der Waals surface area contributed by atoms with Gasteiger partial charge < -0.3 is 25.8 Å². The Balaban J connectivity index is 1.41. The van der Waals surface area contributed by atoms with Crippen LogP contribution in [0.5, 0.6) is 6.01 Å². The SMILES string of the molecule is CN1CCC[C@@]1(CO)COc1nc(N2CC3CCC(C2)N3)c2cc(Cl)c(-c3ccc(F)c4sc(N)c(C#N)c34)c(F)c2n1. The highest BCUT2D eigenvalue weighted by molar-refractivity contribution is 7.23. The third-order valence-corrected chi connectivity index (χ3v) is 10.6. The number of aliphatic hydroxyl groups is 1. The number of hydrogen-bond donors (Lipinski definition) is 3. The fraction of sp³-hybridized carbons (Fsp3) is 0.433. The highest BCUT2D eigenvalue weighted by Crippen LogP contribution is 2.46. The molecule has 3 fully saturated rings. The van der Waals surface area contributed by atoms with Crippen LogP contribution in [0.25, 0.3) is 32.1 Å². The number of halogens is 3. The van der Waals surface area contributed by atoms with Gasteiger partial charge in [0, 0.05) is 41.5 Å². The Morgan fingerprint density at radius 1 is 1.28 bits per heavy atom. The van der Waals surface area contributed by atoms with E-state index in [1.807, 2.05) is 13.1 Å². The summed E-state index contributed by atoms with van der Waals surface area (Å²) in [5.74, 6) is -0.770. The van der Waals surface area contributed by atoms with Crippen molar-refractivity contribution in [1.82, 2.24) is 20.2 Å². The van der Waals surface area contributed by atoms with E-state index in [9.17, 15) is 14.8 Å². The molecule has 0 aliphatic carbocycles. The summed E-state index contributed by atoms with van der Waals surface area (Å²) >= 11 is 7.75. The molecule has 2 unspecified atom stereocenters. The number of likely N-dealkylation sites (N-methyl/N-ethyl adjacent to an activating group) is 1. The van der Waals surface area contributed by atoms with Gasteiger partial charge in [0.25, 0.3) is 0 Å². The molecule has 2 aromatic heterocycles. The van der Waals surface area contributed by atoms with E-state index >= 15 is 4.39 Å². The van der Waals surface area contributed by atoms with Crippen molar-refractivity contribution in [3.05, 3.63) is 40.4 Å². The zero-order chi connectivity index (χ0) is 30.0. The molecule has 0 saturated carbocycles. The van der Waals surface area contributed by atoms with Crippen LogP contribution in [0.1, 0.15) is 31.2 Å². The maximum Gasteiger partial charge on any atom is 0.319 e. The van der Waals surface area contributed by atoms with E-state index in [4.69, 9.17) is 27.1 Å². The van der Waals surface area contributed by atoms with Gasteiger partial charge in [0.1, 0.15) is 34.8 Å². The molecule has 2 bridgehead atoms. The molecule has 0 spiro atoms. The van der Waals surface area contributed by atoms with Crippen molar-refractivity contribution in [2.75, 3.05) is 50.5 Å². The number of ether oxygens (including phenoxy) is 1. The number of nitrogen functional groups attached to an aromatic ring is 1. The highest BCUT2D eigenvalue weighted by atomic mass is 35.5. The molecule has 4 N–H and O–H groups in total. The second kappa shape index (κ2) is 10.7. The number of fused-ring (bicyclic) bond motifs is 4. The van der Waals surface area contributed by atoms with Crippen molar-refractivity contribution in [3.8, 4) is 23.2 Å². The molecule has 224 valence electrons. The molecule has 9 nitrogen and oxygen atoms in total. The molecule has 2 aromatic carbocycles. The Hall–Kier alpha value is -3.34. The van der Waals surface area contributed by atoms with Gasteiger partial charge in [-0.05, 0) is 57.0 Å². The molecule has 3 atom stereocenters. The van der Waals surface area contributed by atoms with Crippen molar-refractivity contribution in [3.63, 3.8) is 0 Å². The number of benzene rings is 2. The van der Waals surface area contributed by atoms with E-state index in [1.54, 1.807) is 6.07 Å². The van der Waals surface area contributed by atoms with E-state index in [2.05, 4.69) is 20.1 Å². The molecule has 0 radical (unpaired) electrons. The van der Waals surface area contributed by atoms with Crippen molar-refractivity contribution in [2.24, 2.45) is 0 Å². The fourth-order valence-electron chi connectivity index (χ4n) is 6.89. The predicted molar refractivity (Wildman–Crippen MR) is 164 cm³/mol. The molecule has 3 saturated heterocycles. The number of nitrogens with zero attached hydrogens (tertiary/aromatic N) is 5. The zero-order valence-corrected chi connectivity index (χ0v) is 25.0. The second-order valence-electron chi connectivity index (χ2n) is 11.8. The van der Waals surface area contributed by atoms with Gasteiger partial charge in [-0.15, -0.1) is 11.3 Å². The molecule has 13 heteroatoms. The average Bonchev–Trinajstić information content (AvgIpc) is 3.66. The lowest BCUT2D eigenvalue weighted by Crippen LogP contribution is -2.51. The molecular formula is C30H30ClF2N7O2S. The van der Waals surface area contributed by atoms with Crippen LogP contribution in [0, 0.1) is 23.0 Å². The average molecular weight is 626 g/mol. The van der Waals surface area contributed by atoms with Crippen LogP contribution in [-0.4, -0.2) is 77.5 Å². The summed E-state index contributed by atoms with van der Waals surface area (Å²) in [6.45, 7) is 2.25. The lowest BCUT2D eigenvalue weighted by molar-refractivity contribution is 0.0363. The van der Waals surface area contributed by atoms with Crippen LogP contribution in [-0.2, 0) is 0 Å². The quantitative estimate of drug-likeness (QED) is 0.280. The summed E-state index contributed by atoms with van der Waals surface area (Å²) in [4.78, 5) is 13.5. The maximum absolute atomic E-state index is 16.8. The van der Waals surface area contributed by atoms with Gasteiger partial charge in [-0.1, -0.05) is 17.7 Å². The summed E-state index contributed by atoms with van der Waals surface area (Å²) in [5.41, 5.74) is 5.78. The number of nitriles is 1. The Morgan fingerprint density at radius 2 is 2.05 bits per heavy atom. The largest absolute Gasteiger partial charge is 0.461 e. The molecule has 5 heterocycles. The molecule has 7 rings (SSSR count). The van der Waals surface area contributed by atoms with Crippen molar-refractivity contribution in [2.45, 2.75) is 43.3 Å². The first-order valence-corrected chi connectivity index (χ1v) is 15.5. The van der Waals surface area contributed by atoms with Crippen LogP contribution < -0.4 is 20.7 Å². The van der Waals surface area contributed by atoms with Crippen LogP contribution >= 0.6 is 22.9 Å². The Morgan fingerprint density at radius 3 is 2.72 bits per heavy atom. The number of likely N-dealkylation sites (tertiary alicyclic amines) is 1. The number of aromatic nitrogens is 2.